The molecule has 2 N–H and O–H groups in total. The van der Waals surface area contributed by atoms with Gasteiger partial charge in [-0.05, 0) is 12.8 Å². The molecule has 0 aromatic rings. The van der Waals surface area contributed by atoms with Crippen LogP contribution >= 0.6 is 0 Å². The van der Waals surface area contributed by atoms with Crippen LogP contribution in [-0.4, -0.2) is 48.3 Å². The summed E-state index contributed by atoms with van der Waals surface area (Å²) in [5.41, 5.74) is 0. The molecule has 0 radical (unpaired) electrons. The minimum atomic E-state index is -0.474. The van der Waals surface area contributed by atoms with Crippen LogP contribution < -0.4 is 5.32 Å². The maximum atomic E-state index is 10.9. The summed E-state index contributed by atoms with van der Waals surface area (Å²) in [5.74, 6) is -0.474. The van der Waals surface area contributed by atoms with Gasteiger partial charge in [-0.25, -0.2) is 0 Å². The van der Waals surface area contributed by atoms with E-state index in [0.29, 0.717) is 6.41 Å². The number of imide groups is 1. The Hall–Kier alpha value is -1.40. The predicted octanol–water partition coefficient (Wildman–Crippen LogP) is 0.228. The van der Waals surface area contributed by atoms with Gasteiger partial charge in [0.1, 0.15) is 6.23 Å². The molecule has 0 bridgehead atoms. The van der Waals surface area contributed by atoms with E-state index in [2.05, 4.69) is 0 Å². The van der Waals surface area contributed by atoms with E-state index in [-0.39, 0.29) is 18.9 Å². The van der Waals surface area contributed by atoms with E-state index in [9.17, 15) is 9.59 Å². The van der Waals surface area contributed by atoms with Crippen LogP contribution in [0.2, 0.25) is 0 Å². The molecule has 0 aliphatic carbocycles. The van der Waals surface area contributed by atoms with Gasteiger partial charge in [-0.2, -0.15) is 0 Å². The minimum Gasteiger partial charge on any atom is -0.394 e. The van der Waals surface area contributed by atoms with Crippen LogP contribution in [-0.2, 0) is 14.3 Å². The SMILES string of the molecule is CC.CN(/C=C\C(=O)NC=O)C1CCC(CO)O1. The van der Waals surface area contributed by atoms with Gasteiger partial charge in [-0.3, -0.25) is 14.9 Å². The lowest BCUT2D eigenvalue weighted by Crippen LogP contribution is -2.28. The molecule has 1 saturated heterocycles. The van der Waals surface area contributed by atoms with Crippen LogP contribution in [0.15, 0.2) is 12.3 Å². The summed E-state index contributed by atoms with van der Waals surface area (Å²) < 4.78 is 5.49. The van der Waals surface area contributed by atoms with Gasteiger partial charge in [0.15, 0.2) is 0 Å². The second kappa shape index (κ2) is 9.61. The standard InChI is InChI=1S/C10H16N2O4.C2H6/c1-12(5-4-9(15)11-7-14)10-3-2-8(6-13)16-10;1-2/h4-5,7-8,10,13H,2-3,6H2,1H3,(H,11,14,15);1-2H3/b5-4-;. The number of carbonyl (C=O) groups is 2. The fourth-order valence-corrected chi connectivity index (χ4v) is 1.51. The van der Waals surface area contributed by atoms with Crippen molar-refractivity contribution in [3.8, 4) is 0 Å². The average molecular weight is 258 g/mol. The molecule has 0 spiro atoms. The maximum Gasteiger partial charge on any atom is 0.251 e. The Morgan fingerprint density at radius 3 is 2.67 bits per heavy atom. The average Bonchev–Trinajstić information content (AvgIpc) is 2.87. The van der Waals surface area contributed by atoms with Crippen molar-refractivity contribution in [3.63, 3.8) is 0 Å². The summed E-state index contributed by atoms with van der Waals surface area (Å²) in [6, 6.07) is 0. The van der Waals surface area contributed by atoms with Crippen LogP contribution in [0.1, 0.15) is 26.7 Å². The lowest BCUT2D eigenvalue weighted by Gasteiger charge is -2.22. The molecule has 1 rings (SSSR count). The second-order valence-corrected chi connectivity index (χ2v) is 3.58. The highest BCUT2D eigenvalue weighted by Gasteiger charge is 2.26. The Kier molecular flexibility index (Phi) is 8.86. The van der Waals surface area contributed by atoms with Gasteiger partial charge in [-0.15, -0.1) is 0 Å². The first-order chi connectivity index (χ1) is 8.67. The molecule has 0 aromatic heterocycles. The molecule has 0 aromatic carbocycles. The zero-order valence-corrected chi connectivity index (χ0v) is 11.1. The zero-order chi connectivity index (χ0) is 14.0. The number of hydrogen-bond donors (Lipinski definition) is 2. The summed E-state index contributed by atoms with van der Waals surface area (Å²) in [5, 5.41) is 10.9. The second-order valence-electron chi connectivity index (χ2n) is 3.58. The highest BCUT2D eigenvalue weighted by atomic mass is 16.5. The number of nitrogens with one attached hydrogen (secondary N) is 1. The number of rotatable bonds is 5. The van der Waals surface area contributed by atoms with Crippen molar-refractivity contribution < 1.29 is 19.4 Å². The highest BCUT2D eigenvalue weighted by molar-refractivity contribution is 5.94. The number of hydrogen-bond acceptors (Lipinski definition) is 5. The van der Waals surface area contributed by atoms with Gasteiger partial charge in [0.25, 0.3) is 5.91 Å². The smallest absolute Gasteiger partial charge is 0.251 e. The third kappa shape index (κ3) is 5.79. The molecule has 1 aliphatic rings. The number of amides is 2. The first kappa shape index (κ1) is 16.6. The van der Waals surface area contributed by atoms with E-state index in [1.54, 1.807) is 18.1 Å². The molecule has 6 nitrogen and oxygen atoms in total. The van der Waals surface area contributed by atoms with E-state index in [4.69, 9.17) is 9.84 Å². The predicted molar refractivity (Wildman–Crippen MR) is 67.4 cm³/mol. The Morgan fingerprint density at radius 1 is 1.50 bits per heavy atom. The molecule has 1 fully saturated rings. The molecule has 104 valence electrons. The Labute approximate surface area is 108 Å². The fraction of sp³-hybridized carbons (Fsp3) is 0.667. The Bertz CT molecular complexity index is 281. The van der Waals surface area contributed by atoms with Crippen molar-refractivity contribution in [1.29, 1.82) is 0 Å². The van der Waals surface area contributed by atoms with E-state index >= 15 is 0 Å². The number of nitrogens with zero attached hydrogens (tertiary/aromatic N) is 1. The summed E-state index contributed by atoms with van der Waals surface area (Å²) in [6.45, 7) is 4.01. The first-order valence-corrected chi connectivity index (χ1v) is 6.08. The van der Waals surface area contributed by atoms with Crippen molar-refractivity contribution in [2.45, 2.75) is 39.0 Å². The van der Waals surface area contributed by atoms with Crippen LogP contribution in [0, 0.1) is 0 Å². The van der Waals surface area contributed by atoms with Crippen LogP contribution in [0.3, 0.4) is 0 Å². The molecule has 6 heteroatoms. The quantitative estimate of drug-likeness (QED) is 0.545. The first-order valence-electron chi connectivity index (χ1n) is 6.08. The molecule has 1 heterocycles. The molecular weight excluding hydrogens is 236 g/mol. The van der Waals surface area contributed by atoms with Crippen molar-refractivity contribution in [1.82, 2.24) is 10.2 Å². The molecule has 18 heavy (non-hydrogen) atoms. The lowest BCUT2D eigenvalue weighted by molar-refractivity contribution is -0.121. The third-order valence-electron chi connectivity index (χ3n) is 2.41. The van der Waals surface area contributed by atoms with Crippen molar-refractivity contribution in [2.75, 3.05) is 13.7 Å². The van der Waals surface area contributed by atoms with E-state index in [0.717, 1.165) is 12.8 Å². The van der Waals surface area contributed by atoms with Crippen LogP contribution in [0.5, 0.6) is 0 Å². The van der Waals surface area contributed by atoms with Crippen molar-refractivity contribution in [2.24, 2.45) is 0 Å². The molecule has 0 saturated carbocycles. The number of aliphatic hydroxyl groups excluding tert-OH is 1. The summed E-state index contributed by atoms with van der Waals surface area (Å²) in [6.07, 6.45) is 4.50. The van der Waals surface area contributed by atoms with E-state index < -0.39 is 5.91 Å². The van der Waals surface area contributed by atoms with Gasteiger partial charge < -0.3 is 14.7 Å². The van der Waals surface area contributed by atoms with Gasteiger partial charge in [-0.1, -0.05) is 13.8 Å². The van der Waals surface area contributed by atoms with Gasteiger partial charge >= 0.3 is 0 Å². The topological polar surface area (TPSA) is 78.9 Å². The minimum absolute atomic E-state index is 0.0136. The van der Waals surface area contributed by atoms with Gasteiger partial charge in [0, 0.05) is 19.3 Å². The normalized spacial score (nSPS) is 22.2. The molecule has 2 unspecified atom stereocenters. The largest absolute Gasteiger partial charge is 0.394 e. The van der Waals surface area contributed by atoms with E-state index in [1.807, 2.05) is 19.2 Å². The highest BCUT2D eigenvalue weighted by Crippen LogP contribution is 2.21. The number of ether oxygens (including phenoxy) is 1. The molecule has 1 aliphatic heterocycles. The Morgan fingerprint density at radius 2 is 2.17 bits per heavy atom. The fourth-order valence-electron chi connectivity index (χ4n) is 1.51. The summed E-state index contributed by atoms with van der Waals surface area (Å²) in [7, 11) is 1.77. The van der Waals surface area contributed by atoms with Crippen LogP contribution in [0.4, 0.5) is 0 Å². The third-order valence-corrected chi connectivity index (χ3v) is 2.41. The molecule has 2 atom stereocenters. The zero-order valence-electron chi connectivity index (χ0n) is 11.1. The number of aliphatic hydroxyl groups is 1. The van der Waals surface area contributed by atoms with Crippen LogP contribution in [0.25, 0.3) is 0 Å². The summed E-state index contributed by atoms with van der Waals surface area (Å²) >= 11 is 0. The molecule has 2 amide bonds. The van der Waals surface area contributed by atoms with Gasteiger partial charge in [0.2, 0.25) is 6.41 Å². The van der Waals surface area contributed by atoms with Crippen molar-refractivity contribution >= 4 is 12.3 Å². The lowest BCUT2D eigenvalue weighted by atomic mass is 10.2. The monoisotopic (exact) mass is 258 g/mol. The Balaban J connectivity index is 0.00000137. The number of carbonyl (C=O) groups excluding carboxylic acids is 2. The van der Waals surface area contributed by atoms with E-state index in [1.165, 1.54) is 6.08 Å². The van der Waals surface area contributed by atoms with Crippen molar-refractivity contribution in [3.05, 3.63) is 12.3 Å². The van der Waals surface area contributed by atoms with Gasteiger partial charge in [0.05, 0.1) is 12.7 Å². The maximum absolute atomic E-state index is 10.9. The molecular formula is C12H22N2O4. The summed E-state index contributed by atoms with van der Waals surface area (Å²) in [4.78, 5) is 22.6.